The standard InChI is InChI=1S/C23H32N2O4S2/c1-2-3-12-29-19-11-7-10-18(14-19)25-20-15-31(27,28)16-21(20)30-23(25)24-22(26)13-17-8-5-4-6-9-17/h7,10-11,14,17,20-21H,2-6,8-9,12-13,15-16H2,1H3/t20-,21+/m0/s1. The first kappa shape index (κ1) is 22.6. The maximum absolute atomic E-state index is 12.8. The summed E-state index contributed by atoms with van der Waals surface area (Å²) in [5.74, 6) is 1.34. The van der Waals surface area contributed by atoms with Crippen molar-refractivity contribution in [2.45, 2.75) is 69.6 Å². The Morgan fingerprint density at radius 1 is 1.23 bits per heavy atom. The van der Waals surface area contributed by atoms with E-state index in [1.54, 1.807) is 0 Å². The van der Waals surface area contributed by atoms with Crippen LogP contribution in [0.25, 0.3) is 0 Å². The zero-order chi connectivity index (χ0) is 21.8. The molecule has 6 nitrogen and oxygen atoms in total. The molecule has 1 aliphatic carbocycles. The Morgan fingerprint density at radius 2 is 2.03 bits per heavy atom. The van der Waals surface area contributed by atoms with Crippen molar-refractivity contribution in [1.29, 1.82) is 0 Å². The van der Waals surface area contributed by atoms with Crippen molar-refractivity contribution in [2.75, 3.05) is 23.0 Å². The third kappa shape index (κ3) is 5.64. The lowest BCUT2D eigenvalue weighted by Crippen LogP contribution is -2.37. The van der Waals surface area contributed by atoms with Gasteiger partial charge in [0.15, 0.2) is 15.0 Å². The summed E-state index contributed by atoms with van der Waals surface area (Å²) in [5.41, 5.74) is 0.843. The fourth-order valence-corrected chi connectivity index (χ4v) is 8.65. The molecule has 2 atom stereocenters. The summed E-state index contributed by atoms with van der Waals surface area (Å²) in [7, 11) is -3.08. The number of aliphatic imine (C=N–C) groups is 1. The number of hydrogen-bond donors (Lipinski definition) is 0. The number of carbonyl (C=O) groups is 1. The lowest BCUT2D eigenvalue weighted by Gasteiger charge is -2.25. The van der Waals surface area contributed by atoms with Gasteiger partial charge in [-0.2, -0.15) is 4.99 Å². The molecule has 0 unspecified atom stereocenters. The van der Waals surface area contributed by atoms with Gasteiger partial charge in [0.05, 0.1) is 24.2 Å². The number of fused-ring (bicyclic) bond motifs is 1. The van der Waals surface area contributed by atoms with Gasteiger partial charge in [0.2, 0.25) is 5.91 Å². The van der Waals surface area contributed by atoms with E-state index in [2.05, 4.69) is 11.9 Å². The van der Waals surface area contributed by atoms with Crippen LogP contribution in [0.15, 0.2) is 29.3 Å². The quantitative estimate of drug-likeness (QED) is 0.556. The largest absolute Gasteiger partial charge is 0.494 e. The van der Waals surface area contributed by atoms with Crippen LogP contribution in [0.3, 0.4) is 0 Å². The SMILES string of the molecule is CCCCOc1cccc(N2C(=NC(=O)CC3CCCCC3)S[C@@H]3CS(=O)(=O)C[C@@H]32)c1. The van der Waals surface area contributed by atoms with Gasteiger partial charge in [-0.1, -0.05) is 50.4 Å². The van der Waals surface area contributed by atoms with Crippen LogP contribution in [-0.2, 0) is 14.6 Å². The molecular weight excluding hydrogens is 432 g/mol. The van der Waals surface area contributed by atoms with E-state index in [1.165, 1.54) is 31.0 Å². The lowest BCUT2D eigenvalue weighted by molar-refractivity contribution is -0.118. The summed E-state index contributed by atoms with van der Waals surface area (Å²) < 4.78 is 30.4. The van der Waals surface area contributed by atoms with Crippen LogP contribution >= 0.6 is 11.8 Å². The number of anilines is 1. The second-order valence-corrected chi connectivity index (χ2v) is 12.2. The molecule has 0 bridgehead atoms. The molecule has 1 amide bonds. The van der Waals surface area contributed by atoms with Crippen molar-refractivity contribution >= 4 is 38.4 Å². The topological polar surface area (TPSA) is 76.0 Å². The van der Waals surface area contributed by atoms with Gasteiger partial charge in [0, 0.05) is 23.4 Å². The molecule has 1 saturated carbocycles. The molecule has 3 aliphatic rings. The van der Waals surface area contributed by atoms with Gasteiger partial charge < -0.3 is 9.64 Å². The van der Waals surface area contributed by atoms with Crippen molar-refractivity contribution < 1.29 is 17.9 Å². The summed E-state index contributed by atoms with van der Waals surface area (Å²) in [6.07, 6.45) is 8.40. The van der Waals surface area contributed by atoms with Gasteiger partial charge in [-0.25, -0.2) is 8.42 Å². The highest BCUT2D eigenvalue weighted by Gasteiger charge is 2.49. The van der Waals surface area contributed by atoms with Crippen LogP contribution < -0.4 is 9.64 Å². The second-order valence-electron chi connectivity index (χ2n) is 8.87. The monoisotopic (exact) mass is 464 g/mol. The van der Waals surface area contributed by atoms with Crippen LogP contribution in [-0.4, -0.2) is 48.9 Å². The highest BCUT2D eigenvalue weighted by atomic mass is 32.2. The van der Waals surface area contributed by atoms with Gasteiger partial charge in [-0.3, -0.25) is 4.79 Å². The molecule has 0 N–H and O–H groups in total. The molecule has 2 saturated heterocycles. The lowest BCUT2D eigenvalue weighted by atomic mass is 9.87. The molecule has 8 heteroatoms. The number of carbonyl (C=O) groups excluding carboxylic acids is 1. The van der Waals surface area contributed by atoms with Gasteiger partial charge in [-0.05, 0) is 37.3 Å². The molecule has 0 aromatic heterocycles. The fourth-order valence-electron chi connectivity index (χ4n) is 4.71. The average Bonchev–Trinajstić information content (AvgIpc) is 3.19. The summed E-state index contributed by atoms with van der Waals surface area (Å²) in [5, 5.41) is 0.548. The minimum atomic E-state index is -3.08. The van der Waals surface area contributed by atoms with E-state index in [1.807, 2.05) is 29.2 Å². The maximum Gasteiger partial charge on any atom is 0.248 e. The molecule has 2 aliphatic heterocycles. The van der Waals surface area contributed by atoms with Crippen LogP contribution in [0.2, 0.25) is 0 Å². The van der Waals surface area contributed by atoms with Crippen molar-refractivity contribution in [3.05, 3.63) is 24.3 Å². The van der Waals surface area contributed by atoms with Crippen LogP contribution in [0.5, 0.6) is 5.75 Å². The van der Waals surface area contributed by atoms with Gasteiger partial charge in [0.25, 0.3) is 0 Å². The smallest absolute Gasteiger partial charge is 0.248 e. The number of benzene rings is 1. The number of sulfone groups is 1. The van der Waals surface area contributed by atoms with E-state index in [-0.39, 0.29) is 28.7 Å². The molecule has 1 aromatic rings. The number of amidine groups is 1. The van der Waals surface area contributed by atoms with Crippen LogP contribution in [0, 0.1) is 5.92 Å². The predicted octanol–water partition coefficient (Wildman–Crippen LogP) is 4.44. The Kier molecular flexibility index (Phi) is 7.26. The number of amides is 1. The number of nitrogens with zero attached hydrogens (tertiary/aromatic N) is 2. The van der Waals surface area contributed by atoms with Crippen molar-refractivity contribution in [3.8, 4) is 5.75 Å². The Morgan fingerprint density at radius 3 is 2.81 bits per heavy atom. The molecule has 31 heavy (non-hydrogen) atoms. The molecule has 4 rings (SSSR count). The molecule has 2 heterocycles. The zero-order valence-electron chi connectivity index (χ0n) is 18.2. The second kappa shape index (κ2) is 9.94. The third-order valence-corrected chi connectivity index (χ3v) is 9.55. The van der Waals surface area contributed by atoms with Gasteiger partial charge in [-0.15, -0.1) is 0 Å². The van der Waals surface area contributed by atoms with E-state index < -0.39 is 9.84 Å². The van der Waals surface area contributed by atoms with E-state index in [4.69, 9.17) is 4.74 Å². The Hall–Kier alpha value is -1.54. The van der Waals surface area contributed by atoms with E-state index >= 15 is 0 Å². The van der Waals surface area contributed by atoms with Gasteiger partial charge in [0.1, 0.15) is 5.75 Å². The van der Waals surface area contributed by atoms with Gasteiger partial charge >= 0.3 is 0 Å². The summed E-state index contributed by atoms with van der Waals surface area (Å²) in [6, 6.07) is 7.52. The molecule has 0 spiro atoms. The first-order valence-corrected chi connectivity index (χ1v) is 14.2. The van der Waals surface area contributed by atoms with Crippen molar-refractivity contribution in [1.82, 2.24) is 0 Å². The minimum Gasteiger partial charge on any atom is -0.494 e. The molecule has 1 aromatic carbocycles. The Balaban J connectivity index is 1.56. The zero-order valence-corrected chi connectivity index (χ0v) is 19.8. The molecule has 0 radical (unpaired) electrons. The van der Waals surface area contributed by atoms with Crippen LogP contribution in [0.4, 0.5) is 5.69 Å². The first-order valence-electron chi connectivity index (χ1n) is 11.5. The van der Waals surface area contributed by atoms with Crippen LogP contribution in [0.1, 0.15) is 58.3 Å². The summed E-state index contributed by atoms with van der Waals surface area (Å²) >= 11 is 1.44. The molecular formula is C23H32N2O4S2. The Bertz CT molecular complexity index is 925. The number of thioether (sulfide) groups is 1. The number of unbranched alkanes of at least 4 members (excludes halogenated alkanes) is 1. The number of rotatable bonds is 7. The highest BCUT2D eigenvalue weighted by molar-refractivity contribution is 8.16. The molecule has 3 fully saturated rings. The highest BCUT2D eigenvalue weighted by Crippen LogP contribution is 2.42. The average molecular weight is 465 g/mol. The number of hydrogen-bond acceptors (Lipinski definition) is 5. The minimum absolute atomic E-state index is 0.0856. The molecule has 170 valence electrons. The number of ether oxygens (including phenoxy) is 1. The Labute approximate surface area is 189 Å². The van der Waals surface area contributed by atoms with Crippen molar-refractivity contribution in [2.24, 2.45) is 10.9 Å². The predicted molar refractivity (Wildman–Crippen MR) is 127 cm³/mol. The summed E-state index contributed by atoms with van der Waals surface area (Å²) in [6.45, 7) is 2.77. The summed E-state index contributed by atoms with van der Waals surface area (Å²) in [4.78, 5) is 19.2. The van der Waals surface area contributed by atoms with E-state index in [0.717, 1.165) is 37.1 Å². The maximum atomic E-state index is 12.8. The van der Waals surface area contributed by atoms with Crippen molar-refractivity contribution in [3.63, 3.8) is 0 Å². The van der Waals surface area contributed by atoms with E-state index in [0.29, 0.717) is 24.1 Å². The van der Waals surface area contributed by atoms with E-state index in [9.17, 15) is 13.2 Å². The fraction of sp³-hybridized carbons (Fsp3) is 0.652. The normalized spacial score (nSPS) is 26.9. The first-order chi connectivity index (χ1) is 14.9. The third-order valence-electron chi connectivity index (χ3n) is 6.34.